The molecule has 0 aliphatic carbocycles. The van der Waals surface area contributed by atoms with Crippen LogP contribution in [0.25, 0.3) is 10.9 Å². The summed E-state index contributed by atoms with van der Waals surface area (Å²) >= 11 is 0. The van der Waals surface area contributed by atoms with Crippen LogP contribution in [0.2, 0.25) is 0 Å². The van der Waals surface area contributed by atoms with Gasteiger partial charge < -0.3 is 19.9 Å². The van der Waals surface area contributed by atoms with E-state index in [2.05, 4.69) is 10.3 Å². The van der Waals surface area contributed by atoms with Gasteiger partial charge in [-0.15, -0.1) is 0 Å². The molecule has 6 nitrogen and oxygen atoms in total. The van der Waals surface area contributed by atoms with Crippen LogP contribution < -0.4 is 5.32 Å². The lowest BCUT2D eigenvalue weighted by Crippen LogP contribution is -2.51. The van der Waals surface area contributed by atoms with Gasteiger partial charge in [-0.25, -0.2) is 4.39 Å². The van der Waals surface area contributed by atoms with Gasteiger partial charge in [0, 0.05) is 24.0 Å². The number of hydrogen-bond donors (Lipinski definition) is 2. The van der Waals surface area contributed by atoms with Crippen LogP contribution in [0, 0.1) is 12.7 Å². The molecule has 25 heavy (non-hydrogen) atoms. The van der Waals surface area contributed by atoms with E-state index in [0.29, 0.717) is 31.6 Å². The molecule has 2 aliphatic rings. The smallest absolute Gasteiger partial charge is 0.270 e. The fourth-order valence-corrected chi connectivity index (χ4v) is 3.75. The van der Waals surface area contributed by atoms with Crippen molar-refractivity contribution < 1.29 is 18.7 Å². The zero-order valence-electron chi connectivity index (χ0n) is 14.0. The number of carbonyl (C=O) groups is 2. The van der Waals surface area contributed by atoms with Gasteiger partial charge in [-0.2, -0.15) is 0 Å². The van der Waals surface area contributed by atoms with E-state index in [1.165, 1.54) is 12.1 Å². The molecule has 0 unspecified atom stereocenters. The largest absolute Gasteiger partial charge is 0.366 e. The molecule has 0 saturated carbocycles. The summed E-state index contributed by atoms with van der Waals surface area (Å²) in [4.78, 5) is 29.4. The SMILES string of the molecule is Cc1c(C(=O)N2CC[C@@H]3NC(=O)CO[C@H]3CC2)[nH]c2ccc(F)cc12. The summed E-state index contributed by atoms with van der Waals surface area (Å²) in [5, 5.41) is 3.67. The number of benzene rings is 1. The van der Waals surface area contributed by atoms with Gasteiger partial charge in [0.1, 0.15) is 18.1 Å². The number of nitrogens with one attached hydrogen (secondary N) is 2. The second kappa shape index (κ2) is 6.15. The third-order valence-corrected chi connectivity index (χ3v) is 5.14. The summed E-state index contributed by atoms with van der Waals surface area (Å²) in [7, 11) is 0. The molecule has 1 aromatic carbocycles. The Kier molecular flexibility index (Phi) is 3.95. The van der Waals surface area contributed by atoms with Gasteiger partial charge in [0.15, 0.2) is 0 Å². The number of rotatable bonds is 1. The van der Waals surface area contributed by atoms with Crippen LogP contribution in [-0.4, -0.2) is 53.5 Å². The molecule has 4 rings (SSSR count). The van der Waals surface area contributed by atoms with E-state index in [4.69, 9.17) is 4.74 Å². The summed E-state index contributed by atoms with van der Waals surface area (Å²) in [6, 6.07) is 4.42. The lowest BCUT2D eigenvalue weighted by Gasteiger charge is -2.30. The van der Waals surface area contributed by atoms with E-state index in [0.717, 1.165) is 16.5 Å². The number of morpholine rings is 1. The third-order valence-electron chi connectivity index (χ3n) is 5.14. The molecule has 0 spiro atoms. The molecule has 2 saturated heterocycles. The monoisotopic (exact) mass is 345 g/mol. The van der Waals surface area contributed by atoms with Crippen LogP contribution in [0.15, 0.2) is 18.2 Å². The zero-order valence-corrected chi connectivity index (χ0v) is 14.0. The van der Waals surface area contributed by atoms with E-state index in [-0.39, 0.29) is 36.4 Å². The molecule has 1 aromatic heterocycles. The molecule has 2 N–H and O–H groups in total. The highest BCUT2D eigenvalue weighted by Crippen LogP contribution is 2.25. The Morgan fingerprint density at radius 1 is 1.32 bits per heavy atom. The summed E-state index contributed by atoms with van der Waals surface area (Å²) in [5.41, 5.74) is 2.00. The lowest BCUT2D eigenvalue weighted by molar-refractivity contribution is -0.136. The van der Waals surface area contributed by atoms with Gasteiger partial charge >= 0.3 is 0 Å². The number of nitrogens with zero attached hydrogens (tertiary/aromatic N) is 1. The number of aryl methyl sites for hydroxylation is 1. The molecule has 2 atom stereocenters. The molecular weight excluding hydrogens is 325 g/mol. The number of hydrogen-bond acceptors (Lipinski definition) is 3. The molecule has 7 heteroatoms. The molecule has 2 aliphatic heterocycles. The van der Waals surface area contributed by atoms with Crippen molar-refractivity contribution in [3.8, 4) is 0 Å². The fourth-order valence-electron chi connectivity index (χ4n) is 3.75. The minimum atomic E-state index is -0.319. The van der Waals surface area contributed by atoms with Crippen LogP contribution in [0.5, 0.6) is 0 Å². The number of carbonyl (C=O) groups excluding carboxylic acids is 2. The highest BCUT2D eigenvalue weighted by molar-refractivity contribution is 6.00. The Morgan fingerprint density at radius 3 is 2.96 bits per heavy atom. The number of halogens is 1. The maximum Gasteiger partial charge on any atom is 0.270 e. The Hall–Kier alpha value is -2.41. The van der Waals surface area contributed by atoms with Crippen molar-refractivity contribution in [3.63, 3.8) is 0 Å². The van der Waals surface area contributed by atoms with Crippen LogP contribution in [0.3, 0.4) is 0 Å². The van der Waals surface area contributed by atoms with Crippen LogP contribution in [0.1, 0.15) is 28.9 Å². The molecule has 2 fully saturated rings. The zero-order chi connectivity index (χ0) is 17.6. The fraction of sp³-hybridized carbons (Fsp3) is 0.444. The maximum atomic E-state index is 13.5. The Balaban J connectivity index is 1.57. The number of ether oxygens (including phenoxy) is 1. The number of fused-ring (bicyclic) bond motifs is 2. The van der Waals surface area contributed by atoms with Crippen LogP contribution in [-0.2, 0) is 9.53 Å². The van der Waals surface area contributed by atoms with Crippen molar-refractivity contribution in [3.05, 3.63) is 35.3 Å². The molecule has 132 valence electrons. The van der Waals surface area contributed by atoms with Crippen LogP contribution >= 0.6 is 0 Å². The summed E-state index contributed by atoms with van der Waals surface area (Å²) in [5.74, 6) is -0.520. The second-order valence-corrected chi connectivity index (χ2v) is 6.71. The van der Waals surface area contributed by atoms with Crippen molar-refractivity contribution in [1.82, 2.24) is 15.2 Å². The van der Waals surface area contributed by atoms with E-state index < -0.39 is 0 Å². The standard InChI is InChI=1S/C18H20FN3O3/c1-10-12-8-11(19)2-3-13(12)21-17(10)18(24)22-6-4-14-15(5-7-22)25-9-16(23)20-14/h2-3,8,14-15,21H,4-7,9H2,1H3,(H,20,23)/t14-,15-/m0/s1. The van der Waals surface area contributed by atoms with Crippen molar-refractivity contribution in [1.29, 1.82) is 0 Å². The van der Waals surface area contributed by atoms with E-state index in [9.17, 15) is 14.0 Å². The molecule has 0 radical (unpaired) electrons. The van der Waals surface area contributed by atoms with Crippen molar-refractivity contribution in [2.45, 2.75) is 31.9 Å². The van der Waals surface area contributed by atoms with Gasteiger partial charge in [-0.3, -0.25) is 9.59 Å². The Morgan fingerprint density at radius 2 is 2.12 bits per heavy atom. The quantitative estimate of drug-likeness (QED) is 0.827. The predicted octanol–water partition coefficient (Wildman–Crippen LogP) is 1.74. The first kappa shape index (κ1) is 16.1. The van der Waals surface area contributed by atoms with Gasteiger partial charge in [0.2, 0.25) is 5.91 Å². The number of H-pyrrole nitrogens is 1. The van der Waals surface area contributed by atoms with E-state index >= 15 is 0 Å². The van der Waals surface area contributed by atoms with Crippen molar-refractivity contribution in [2.24, 2.45) is 0 Å². The molecule has 2 amide bonds. The third kappa shape index (κ3) is 2.89. The predicted molar refractivity (Wildman–Crippen MR) is 89.8 cm³/mol. The van der Waals surface area contributed by atoms with Gasteiger partial charge in [0.05, 0.1) is 12.1 Å². The van der Waals surface area contributed by atoms with Gasteiger partial charge in [-0.05, 0) is 43.5 Å². The van der Waals surface area contributed by atoms with Crippen molar-refractivity contribution in [2.75, 3.05) is 19.7 Å². The first-order valence-electron chi connectivity index (χ1n) is 8.51. The minimum absolute atomic E-state index is 0.0445. The average molecular weight is 345 g/mol. The minimum Gasteiger partial charge on any atom is -0.366 e. The average Bonchev–Trinajstić information content (AvgIpc) is 2.78. The summed E-state index contributed by atoms with van der Waals surface area (Å²) in [6.07, 6.45) is 1.30. The molecule has 2 aromatic rings. The highest BCUT2D eigenvalue weighted by atomic mass is 19.1. The topological polar surface area (TPSA) is 74.4 Å². The first-order chi connectivity index (χ1) is 12.0. The lowest BCUT2D eigenvalue weighted by atomic mass is 10.0. The normalized spacial score (nSPS) is 23.9. The molecule has 0 bridgehead atoms. The van der Waals surface area contributed by atoms with E-state index in [1.807, 2.05) is 6.92 Å². The molecular formula is C18H20FN3O3. The highest BCUT2D eigenvalue weighted by Gasteiger charge is 2.34. The summed E-state index contributed by atoms with van der Waals surface area (Å²) < 4.78 is 19.1. The number of amides is 2. The number of aromatic amines is 1. The first-order valence-corrected chi connectivity index (χ1v) is 8.51. The number of aromatic nitrogens is 1. The van der Waals surface area contributed by atoms with Crippen LogP contribution in [0.4, 0.5) is 4.39 Å². The van der Waals surface area contributed by atoms with Crippen molar-refractivity contribution >= 4 is 22.7 Å². The summed E-state index contributed by atoms with van der Waals surface area (Å²) in [6.45, 7) is 3.03. The van der Waals surface area contributed by atoms with Gasteiger partial charge in [-0.1, -0.05) is 0 Å². The maximum absolute atomic E-state index is 13.5. The Labute approximate surface area is 144 Å². The van der Waals surface area contributed by atoms with E-state index in [1.54, 1.807) is 11.0 Å². The second-order valence-electron chi connectivity index (χ2n) is 6.71. The number of likely N-dealkylation sites (tertiary alicyclic amines) is 1. The Bertz CT molecular complexity index is 847. The van der Waals surface area contributed by atoms with Gasteiger partial charge in [0.25, 0.3) is 5.91 Å². The molecule has 3 heterocycles.